The third-order valence-electron chi connectivity index (χ3n) is 11.8. The Hall–Kier alpha value is -4.71. The van der Waals surface area contributed by atoms with Crippen LogP contribution in [0.25, 0.3) is 0 Å². The van der Waals surface area contributed by atoms with Crippen molar-refractivity contribution in [2.75, 3.05) is 13.2 Å². The molecule has 0 saturated carbocycles. The van der Waals surface area contributed by atoms with Gasteiger partial charge in [0.1, 0.15) is 13.2 Å². The fourth-order valence-electron chi connectivity index (χ4n) is 7.42. The molecule has 0 amide bonds. The summed E-state index contributed by atoms with van der Waals surface area (Å²) in [4.78, 5) is 38.2. The highest BCUT2D eigenvalue weighted by Crippen LogP contribution is 2.13. The molecule has 0 aliphatic carbocycles. The molecule has 0 fully saturated rings. The molecule has 0 aromatic carbocycles. The molecular formula is C67H106O6. The molecule has 73 heavy (non-hydrogen) atoms. The third-order valence-corrected chi connectivity index (χ3v) is 11.8. The van der Waals surface area contributed by atoms with Crippen molar-refractivity contribution in [2.24, 2.45) is 0 Å². The van der Waals surface area contributed by atoms with Gasteiger partial charge < -0.3 is 14.2 Å². The Morgan fingerprint density at radius 3 is 0.932 bits per heavy atom. The molecular weight excluding hydrogens is 901 g/mol. The second kappa shape index (κ2) is 59.8. The van der Waals surface area contributed by atoms with Crippen LogP contribution < -0.4 is 0 Å². The predicted molar refractivity (Wildman–Crippen MR) is 315 cm³/mol. The van der Waals surface area contributed by atoms with Crippen molar-refractivity contribution in [3.8, 4) is 0 Å². The van der Waals surface area contributed by atoms with Crippen LogP contribution in [0.2, 0.25) is 0 Å². The van der Waals surface area contributed by atoms with Gasteiger partial charge in [-0.15, -0.1) is 0 Å². The summed E-state index contributed by atoms with van der Waals surface area (Å²) in [6.45, 7) is 6.36. The molecule has 0 aromatic heterocycles. The second-order valence-corrected chi connectivity index (χ2v) is 18.8. The molecule has 0 unspecified atom stereocenters. The molecule has 6 nitrogen and oxygen atoms in total. The van der Waals surface area contributed by atoms with Crippen molar-refractivity contribution < 1.29 is 28.6 Å². The van der Waals surface area contributed by atoms with Crippen molar-refractivity contribution in [1.29, 1.82) is 0 Å². The van der Waals surface area contributed by atoms with Gasteiger partial charge in [-0.3, -0.25) is 14.4 Å². The average Bonchev–Trinajstić information content (AvgIpc) is 3.39. The van der Waals surface area contributed by atoms with Crippen molar-refractivity contribution >= 4 is 17.9 Å². The molecule has 6 heteroatoms. The standard InChI is InChI=1S/C67H106O6/c1-4-7-10-13-16-19-22-25-28-31-33-36-38-41-44-47-50-53-56-59-65(68)71-62-64(73-67(70)61-58-55-52-49-46-43-40-35-30-27-24-21-18-15-12-9-6-3)63-72-66(69)60-57-54-51-48-45-42-39-37-34-32-29-26-23-20-17-14-11-8-5-2/h7,10,16-21,25-30,33-34,36-37,41-42,44-45,50,53,64H,4-6,8-9,11-15,22-24,31-32,35,38-40,43,46-49,51-52,54-63H2,1-3H3/b10-7-,19-16-,20-17-,21-18-,28-25-,29-26-,30-27-,36-33-,37-34-,44-41-,45-42-,53-50-/t64-/m1/s1. The lowest BCUT2D eigenvalue weighted by atomic mass is 10.1. The van der Waals surface area contributed by atoms with E-state index in [1.807, 2.05) is 12.2 Å². The van der Waals surface area contributed by atoms with Crippen LogP contribution in [0.3, 0.4) is 0 Å². The maximum absolute atomic E-state index is 12.9. The predicted octanol–water partition coefficient (Wildman–Crippen LogP) is 20.0. The van der Waals surface area contributed by atoms with Gasteiger partial charge in [0.05, 0.1) is 0 Å². The van der Waals surface area contributed by atoms with E-state index in [0.717, 1.165) is 122 Å². The van der Waals surface area contributed by atoms with Crippen LogP contribution in [0.4, 0.5) is 0 Å². The molecule has 1 atom stereocenters. The Morgan fingerprint density at radius 2 is 0.562 bits per heavy atom. The number of carbonyl (C=O) groups excluding carboxylic acids is 3. The fraction of sp³-hybridized carbons (Fsp3) is 0.597. The second-order valence-electron chi connectivity index (χ2n) is 18.8. The number of hydrogen-bond donors (Lipinski definition) is 0. The topological polar surface area (TPSA) is 78.9 Å². The largest absolute Gasteiger partial charge is 0.462 e. The van der Waals surface area contributed by atoms with Gasteiger partial charge in [0.2, 0.25) is 0 Å². The summed E-state index contributed by atoms with van der Waals surface area (Å²) in [7, 11) is 0. The Kier molecular flexibility index (Phi) is 56.0. The van der Waals surface area contributed by atoms with Crippen LogP contribution in [-0.4, -0.2) is 37.2 Å². The van der Waals surface area contributed by atoms with Crippen LogP contribution in [-0.2, 0) is 28.6 Å². The lowest BCUT2D eigenvalue weighted by Crippen LogP contribution is -2.30. The SMILES string of the molecule is CC/C=C\C/C=C\C/C=C\C/C=C\C/C=C\C/C=C\CCC(=O)OC[C@H](COC(=O)CCCCC/C=C\C/C=C\C/C=C\C/C=C\CCCCC)OC(=O)CCCCCCCCC/C=C\C/C=C\CCCCC. The number of allylic oxidation sites excluding steroid dienone is 24. The van der Waals surface area contributed by atoms with Crippen LogP contribution in [0.15, 0.2) is 146 Å². The maximum Gasteiger partial charge on any atom is 0.306 e. The highest BCUT2D eigenvalue weighted by molar-refractivity contribution is 5.71. The molecule has 0 aliphatic heterocycles. The Morgan fingerprint density at radius 1 is 0.288 bits per heavy atom. The van der Waals surface area contributed by atoms with E-state index in [0.29, 0.717) is 19.3 Å². The first-order chi connectivity index (χ1) is 36.0. The Labute approximate surface area is 448 Å². The minimum absolute atomic E-state index is 0.127. The zero-order valence-corrected chi connectivity index (χ0v) is 46.8. The third kappa shape index (κ3) is 58.1. The van der Waals surface area contributed by atoms with Gasteiger partial charge in [0.25, 0.3) is 0 Å². The average molecular weight is 1010 g/mol. The van der Waals surface area contributed by atoms with E-state index in [1.54, 1.807) is 0 Å². The van der Waals surface area contributed by atoms with E-state index in [9.17, 15) is 14.4 Å². The molecule has 0 saturated heterocycles. The highest BCUT2D eigenvalue weighted by atomic mass is 16.6. The van der Waals surface area contributed by atoms with E-state index in [-0.39, 0.29) is 37.5 Å². The number of hydrogen-bond acceptors (Lipinski definition) is 6. The number of unbranched alkanes of at least 4 members (excludes halogenated alkanes) is 16. The minimum atomic E-state index is -0.834. The summed E-state index contributed by atoms with van der Waals surface area (Å²) in [5.41, 5.74) is 0. The lowest BCUT2D eigenvalue weighted by Gasteiger charge is -2.18. The van der Waals surface area contributed by atoms with Crippen molar-refractivity contribution in [3.63, 3.8) is 0 Å². The van der Waals surface area contributed by atoms with E-state index in [4.69, 9.17) is 14.2 Å². The van der Waals surface area contributed by atoms with E-state index in [2.05, 4.69) is 154 Å². The quantitative estimate of drug-likeness (QED) is 0.0261. The monoisotopic (exact) mass is 1010 g/mol. The molecule has 0 rings (SSSR count). The maximum atomic E-state index is 12.9. The van der Waals surface area contributed by atoms with Gasteiger partial charge in [0, 0.05) is 19.3 Å². The summed E-state index contributed by atoms with van der Waals surface area (Å²) in [5, 5.41) is 0. The number of rotatable bonds is 51. The molecule has 0 spiro atoms. The van der Waals surface area contributed by atoms with Gasteiger partial charge in [-0.05, 0) is 135 Å². The first-order valence-electron chi connectivity index (χ1n) is 29.3. The smallest absolute Gasteiger partial charge is 0.306 e. The van der Waals surface area contributed by atoms with Gasteiger partial charge in [-0.1, -0.05) is 231 Å². The van der Waals surface area contributed by atoms with Gasteiger partial charge in [0.15, 0.2) is 6.10 Å². The normalized spacial score (nSPS) is 13.2. The first-order valence-corrected chi connectivity index (χ1v) is 29.3. The van der Waals surface area contributed by atoms with Crippen LogP contribution in [0.1, 0.15) is 239 Å². The van der Waals surface area contributed by atoms with Gasteiger partial charge in [-0.2, -0.15) is 0 Å². The van der Waals surface area contributed by atoms with Gasteiger partial charge >= 0.3 is 17.9 Å². The number of ether oxygens (including phenoxy) is 3. The summed E-state index contributed by atoms with van der Waals surface area (Å²) in [5.74, 6) is -1.05. The van der Waals surface area contributed by atoms with Crippen LogP contribution in [0.5, 0.6) is 0 Å². The van der Waals surface area contributed by atoms with Crippen molar-refractivity contribution in [1.82, 2.24) is 0 Å². The van der Waals surface area contributed by atoms with Crippen molar-refractivity contribution in [3.05, 3.63) is 146 Å². The van der Waals surface area contributed by atoms with Crippen molar-refractivity contribution in [2.45, 2.75) is 245 Å². The number of carbonyl (C=O) groups is 3. The summed E-state index contributed by atoms with van der Waals surface area (Å²) >= 11 is 0. The zero-order valence-electron chi connectivity index (χ0n) is 46.8. The Balaban J connectivity index is 4.60. The molecule has 410 valence electrons. The van der Waals surface area contributed by atoms with E-state index < -0.39 is 6.10 Å². The molecule has 0 N–H and O–H groups in total. The first kappa shape index (κ1) is 68.3. The molecule has 0 heterocycles. The van der Waals surface area contributed by atoms with E-state index in [1.165, 1.54) is 70.6 Å². The molecule has 0 aliphatic rings. The Bertz CT molecular complexity index is 1630. The lowest BCUT2D eigenvalue weighted by molar-refractivity contribution is -0.166. The molecule has 0 aromatic rings. The molecule has 0 radical (unpaired) electrons. The van der Waals surface area contributed by atoms with Gasteiger partial charge in [-0.25, -0.2) is 0 Å². The fourth-order valence-corrected chi connectivity index (χ4v) is 7.42. The summed E-state index contributed by atoms with van der Waals surface area (Å²) < 4.78 is 16.8. The van der Waals surface area contributed by atoms with Crippen LogP contribution >= 0.6 is 0 Å². The molecule has 0 bridgehead atoms. The highest BCUT2D eigenvalue weighted by Gasteiger charge is 2.19. The number of esters is 3. The zero-order chi connectivity index (χ0) is 52.9. The van der Waals surface area contributed by atoms with E-state index >= 15 is 0 Å². The minimum Gasteiger partial charge on any atom is -0.462 e. The van der Waals surface area contributed by atoms with Crippen LogP contribution in [0, 0.1) is 0 Å². The summed E-state index contributed by atoms with van der Waals surface area (Å²) in [6.07, 6.45) is 85.6. The summed E-state index contributed by atoms with van der Waals surface area (Å²) in [6, 6.07) is 0.